The minimum Gasteiger partial charge on any atom is -0.393 e. The molecule has 234 valence electrons. The van der Waals surface area contributed by atoms with Crippen LogP contribution in [0.5, 0.6) is 0 Å². The smallest absolute Gasteiger partial charge is 0.393 e. The van der Waals surface area contributed by atoms with Gasteiger partial charge in [-0.2, -0.15) is 0 Å². The van der Waals surface area contributed by atoms with E-state index in [-0.39, 0.29) is 17.0 Å². The summed E-state index contributed by atoms with van der Waals surface area (Å²) >= 11 is 4.63. The molecule has 41 heavy (non-hydrogen) atoms. The Morgan fingerprint density at radius 3 is 2.44 bits per heavy atom. The molecule has 0 amide bonds. The lowest BCUT2D eigenvalue weighted by molar-refractivity contribution is -0.179. The third kappa shape index (κ3) is 7.98. The van der Waals surface area contributed by atoms with Gasteiger partial charge in [0, 0.05) is 5.92 Å². The first-order chi connectivity index (χ1) is 19.0. The van der Waals surface area contributed by atoms with E-state index in [4.69, 9.17) is 20.1 Å². The van der Waals surface area contributed by atoms with Crippen molar-refractivity contribution >= 4 is 43.3 Å². The Labute approximate surface area is 235 Å². The molecule has 1 fully saturated rings. The van der Waals surface area contributed by atoms with Crippen molar-refractivity contribution in [1.82, 2.24) is 19.5 Å². The molecule has 0 spiro atoms. The number of rotatable bonds is 14. The Morgan fingerprint density at radius 2 is 1.80 bits per heavy atom. The molecule has 1 aliphatic heterocycles. The fourth-order valence-electron chi connectivity index (χ4n) is 3.75. The highest BCUT2D eigenvalue weighted by molar-refractivity contribution is 8.08. The molecule has 0 bridgehead atoms. The Bertz CT molecular complexity index is 1280. The molecule has 0 aliphatic carbocycles. The maximum Gasteiger partial charge on any atom is 0.481 e. The number of nitrogens with two attached hydrogens (primary N) is 1. The zero-order valence-electron chi connectivity index (χ0n) is 21.0. The third-order valence-corrected chi connectivity index (χ3v) is 9.65. The average Bonchev–Trinajstić information content (AvgIpc) is 3.45. The van der Waals surface area contributed by atoms with Crippen molar-refractivity contribution in [3.05, 3.63) is 12.7 Å². The highest BCUT2D eigenvalue weighted by Gasteiger charge is 2.46. The van der Waals surface area contributed by atoms with Crippen LogP contribution in [0.4, 0.5) is 10.2 Å². The van der Waals surface area contributed by atoms with Crippen LogP contribution in [-0.4, -0.2) is 127 Å². The molecule has 11 N–H and O–H groups in total. The SMILES string of the molecule is CC(C(O)C(O)C(O)C(O)OP(=O)(O)OP(O)(=S)OCC1OC(n2cnc3c(N)ncnc32)C(O)C1O)[C@@H](F)CO. The first-order valence-corrected chi connectivity index (χ1v) is 15.7. The number of halogens is 1. The van der Waals surface area contributed by atoms with Crippen LogP contribution in [0, 0.1) is 5.92 Å². The number of ether oxygens (including phenoxy) is 1. The van der Waals surface area contributed by atoms with Gasteiger partial charge < -0.3 is 60.5 Å². The summed E-state index contributed by atoms with van der Waals surface area (Å²) in [5.41, 5.74) is 6.08. The highest BCUT2D eigenvalue weighted by atomic mass is 32.5. The molecular formula is C18H30FN5O14P2S. The third-order valence-electron chi connectivity index (χ3n) is 6.12. The summed E-state index contributed by atoms with van der Waals surface area (Å²) in [6.07, 6.45) is -15.1. The summed E-state index contributed by atoms with van der Waals surface area (Å²) in [7, 11) is -5.55. The van der Waals surface area contributed by atoms with Gasteiger partial charge in [0.1, 0.15) is 48.5 Å². The van der Waals surface area contributed by atoms with Crippen molar-refractivity contribution in [1.29, 1.82) is 0 Å². The van der Waals surface area contributed by atoms with Crippen molar-refractivity contribution in [2.75, 3.05) is 18.9 Å². The number of imidazole rings is 1. The number of nitrogens with zero attached hydrogens (tertiary/aromatic N) is 4. The van der Waals surface area contributed by atoms with Crippen LogP contribution in [0.1, 0.15) is 13.2 Å². The summed E-state index contributed by atoms with van der Waals surface area (Å²) < 4.78 is 46.2. The number of phosphoric ester groups is 1. The Morgan fingerprint density at radius 1 is 1.15 bits per heavy atom. The number of aliphatic hydroxyl groups is 7. The van der Waals surface area contributed by atoms with Gasteiger partial charge >= 0.3 is 14.5 Å². The van der Waals surface area contributed by atoms with Gasteiger partial charge in [-0.05, 0) is 11.8 Å². The minimum atomic E-state index is -5.55. The van der Waals surface area contributed by atoms with Crippen molar-refractivity contribution in [2.45, 2.75) is 62.2 Å². The standard InChI is InChI=1S/C18H30FN5O14P2S/c1-6(7(19)2-25)10(26)12(28)14(30)18(31)37-39(32,33)38-40(34,41)35-3-8-11(27)13(29)17(36-8)24-5-23-9-15(20)21-4-22-16(9)24/h4-8,10-14,17-18,25-31H,2-3H2,1H3,(H,32,33)(H,34,41)(H2,20,21,22)/t6?,7-,8?,10?,11?,12?,13?,14?,17?,18?,40?/m0/s1. The lowest BCUT2D eigenvalue weighted by atomic mass is 9.92. The largest absolute Gasteiger partial charge is 0.481 e. The number of anilines is 1. The molecule has 23 heteroatoms. The van der Waals surface area contributed by atoms with Gasteiger partial charge in [0.2, 0.25) is 0 Å². The number of nitrogen functional groups attached to an aromatic ring is 1. The van der Waals surface area contributed by atoms with Crippen molar-refractivity contribution < 1.29 is 72.6 Å². The number of aliphatic hydroxyl groups excluding tert-OH is 7. The number of aromatic nitrogens is 4. The van der Waals surface area contributed by atoms with E-state index in [1.54, 1.807) is 0 Å². The summed E-state index contributed by atoms with van der Waals surface area (Å²) in [6, 6.07) is 0. The molecule has 2 aromatic heterocycles. The molecule has 1 aliphatic rings. The molecule has 0 saturated carbocycles. The van der Waals surface area contributed by atoms with Crippen molar-refractivity contribution in [2.24, 2.45) is 5.92 Å². The second-order valence-corrected chi connectivity index (χ2v) is 13.3. The van der Waals surface area contributed by atoms with Crippen LogP contribution >= 0.6 is 14.5 Å². The van der Waals surface area contributed by atoms with Crippen LogP contribution in [-0.2, 0) is 34.5 Å². The van der Waals surface area contributed by atoms with Crippen LogP contribution < -0.4 is 5.73 Å². The summed E-state index contributed by atoms with van der Waals surface area (Å²) in [6.45, 7) is -5.46. The number of phosphoric acid groups is 1. The van der Waals surface area contributed by atoms with E-state index in [1.807, 2.05) is 0 Å². The van der Waals surface area contributed by atoms with Crippen molar-refractivity contribution in [3.63, 3.8) is 0 Å². The zero-order chi connectivity index (χ0) is 30.9. The van der Waals surface area contributed by atoms with Crippen LogP contribution in [0.2, 0.25) is 0 Å². The fourth-order valence-corrected chi connectivity index (χ4v) is 6.81. The average molecular weight is 653 g/mol. The van der Waals surface area contributed by atoms with Crippen LogP contribution in [0.15, 0.2) is 12.7 Å². The molecular weight excluding hydrogens is 623 g/mol. The van der Waals surface area contributed by atoms with Crippen LogP contribution in [0.25, 0.3) is 11.2 Å². The van der Waals surface area contributed by atoms with Gasteiger partial charge in [0.05, 0.1) is 25.6 Å². The lowest BCUT2D eigenvalue weighted by Gasteiger charge is -2.31. The lowest BCUT2D eigenvalue weighted by Crippen LogP contribution is -2.49. The quantitative estimate of drug-likeness (QED) is 0.0707. The molecule has 3 heterocycles. The van der Waals surface area contributed by atoms with Crippen LogP contribution in [0.3, 0.4) is 0 Å². The zero-order valence-corrected chi connectivity index (χ0v) is 23.6. The minimum absolute atomic E-state index is 0.0448. The second-order valence-electron chi connectivity index (χ2n) is 8.97. The topological polar surface area (TPSA) is 306 Å². The number of fused-ring (bicyclic) bond motifs is 1. The van der Waals surface area contributed by atoms with Crippen molar-refractivity contribution in [3.8, 4) is 0 Å². The maximum absolute atomic E-state index is 13.6. The van der Waals surface area contributed by atoms with E-state index in [0.717, 1.165) is 13.3 Å². The number of hydrogen-bond donors (Lipinski definition) is 10. The van der Waals surface area contributed by atoms with Gasteiger partial charge in [-0.3, -0.25) is 9.09 Å². The molecule has 19 nitrogen and oxygen atoms in total. The summed E-state index contributed by atoms with van der Waals surface area (Å²) in [5.74, 6) is -1.39. The maximum atomic E-state index is 13.6. The first kappa shape index (κ1) is 34.1. The molecule has 0 radical (unpaired) electrons. The molecule has 12 atom stereocenters. The van der Waals surface area contributed by atoms with Gasteiger partial charge in [0.15, 0.2) is 24.0 Å². The Kier molecular flexibility index (Phi) is 11.3. The van der Waals surface area contributed by atoms with E-state index in [9.17, 15) is 49.4 Å². The number of hydrogen-bond acceptors (Lipinski definition) is 17. The van der Waals surface area contributed by atoms with Gasteiger partial charge in [0.25, 0.3) is 0 Å². The number of alkyl halides is 1. The molecule has 3 rings (SSSR count). The predicted octanol–water partition coefficient (Wildman–Crippen LogP) is -3.24. The Balaban J connectivity index is 1.58. The monoisotopic (exact) mass is 653 g/mol. The fraction of sp³-hybridized carbons (Fsp3) is 0.722. The normalized spacial score (nSPS) is 28.9. The molecule has 2 aromatic rings. The van der Waals surface area contributed by atoms with Gasteiger partial charge in [-0.1, -0.05) is 6.92 Å². The molecule has 1 saturated heterocycles. The second kappa shape index (κ2) is 13.5. The van der Waals surface area contributed by atoms with E-state index in [1.165, 1.54) is 10.9 Å². The molecule has 0 aromatic carbocycles. The van der Waals surface area contributed by atoms with E-state index < -0.39 is 89.0 Å². The molecule has 11 unspecified atom stereocenters. The van der Waals surface area contributed by atoms with Gasteiger partial charge in [-0.25, -0.2) is 28.2 Å². The summed E-state index contributed by atoms with van der Waals surface area (Å²) in [4.78, 5) is 31.9. The first-order valence-electron chi connectivity index (χ1n) is 11.6. The van der Waals surface area contributed by atoms with E-state index in [0.29, 0.717) is 0 Å². The van der Waals surface area contributed by atoms with E-state index >= 15 is 0 Å². The van der Waals surface area contributed by atoms with E-state index in [2.05, 4.69) is 35.6 Å². The summed E-state index contributed by atoms with van der Waals surface area (Å²) in [5, 5.41) is 69.4. The highest BCUT2D eigenvalue weighted by Crippen LogP contribution is 2.61. The predicted molar refractivity (Wildman–Crippen MR) is 135 cm³/mol. The Hall–Kier alpha value is -1.36. The van der Waals surface area contributed by atoms with Gasteiger partial charge in [-0.15, -0.1) is 0 Å².